The summed E-state index contributed by atoms with van der Waals surface area (Å²) in [5, 5.41) is 4.83. The number of rotatable bonds is 4. The summed E-state index contributed by atoms with van der Waals surface area (Å²) in [4.78, 5) is 1.05. The van der Waals surface area contributed by atoms with Crippen LogP contribution in [-0.2, 0) is 19.3 Å². The second-order valence-electron chi connectivity index (χ2n) is 3.99. The Bertz CT molecular complexity index is 534. The minimum Gasteiger partial charge on any atom is -0.308 e. The molecule has 1 nitrogen and oxygen atoms in total. The highest BCUT2D eigenvalue weighted by Gasteiger charge is 2.30. The molecule has 0 amide bonds. The molecule has 2 rings (SSSR count). The molecular weight excluding hydrogens is 278 g/mol. The van der Waals surface area contributed by atoms with E-state index in [1.165, 1.54) is 11.3 Å². The molecule has 102 valence electrons. The molecule has 0 spiro atoms. The van der Waals surface area contributed by atoms with E-state index in [1.54, 1.807) is 0 Å². The van der Waals surface area contributed by atoms with E-state index in [9.17, 15) is 17.6 Å². The van der Waals surface area contributed by atoms with Crippen LogP contribution in [-0.4, -0.2) is 0 Å². The maximum Gasteiger partial charge on any atom is 0.416 e. The third-order valence-corrected chi connectivity index (χ3v) is 3.44. The van der Waals surface area contributed by atoms with Crippen LogP contribution in [0, 0.1) is 5.82 Å². The van der Waals surface area contributed by atoms with Crippen LogP contribution < -0.4 is 5.32 Å². The van der Waals surface area contributed by atoms with E-state index in [1.807, 2.05) is 17.5 Å². The van der Waals surface area contributed by atoms with Gasteiger partial charge in [-0.1, -0.05) is 6.07 Å². The van der Waals surface area contributed by atoms with E-state index in [2.05, 4.69) is 5.32 Å². The van der Waals surface area contributed by atoms with Crippen molar-refractivity contribution in [3.8, 4) is 0 Å². The monoisotopic (exact) mass is 289 g/mol. The second-order valence-corrected chi connectivity index (χ2v) is 5.02. The summed E-state index contributed by atoms with van der Waals surface area (Å²) >= 11 is 1.53. The van der Waals surface area contributed by atoms with Gasteiger partial charge in [-0.2, -0.15) is 13.2 Å². The SMILES string of the molecule is Fc1ccc(C(F)(F)F)cc1CNCc1cccs1. The van der Waals surface area contributed by atoms with E-state index in [4.69, 9.17) is 0 Å². The van der Waals surface area contributed by atoms with Crippen molar-refractivity contribution in [1.82, 2.24) is 5.32 Å². The van der Waals surface area contributed by atoms with Gasteiger partial charge in [0.1, 0.15) is 5.82 Å². The summed E-state index contributed by atoms with van der Waals surface area (Å²) in [5.74, 6) is -0.633. The number of hydrogen-bond acceptors (Lipinski definition) is 2. The first kappa shape index (κ1) is 14.0. The summed E-state index contributed by atoms with van der Waals surface area (Å²) in [6.45, 7) is 0.570. The first-order valence-electron chi connectivity index (χ1n) is 5.55. The first-order valence-corrected chi connectivity index (χ1v) is 6.43. The van der Waals surface area contributed by atoms with Crippen LogP contribution in [0.2, 0.25) is 0 Å². The van der Waals surface area contributed by atoms with E-state index in [0.29, 0.717) is 6.54 Å². The van der Waals surface area contributed by atoms with Gasteiger partial charge >= 0.3 is 6.18 Å². The molecule has 2 aromatic rings. The number of halogens is 4. The maximum absolute atomic E-state index is 13.4. The van der Waals surface area contributed by atoms with Crippen LogP contribution in [0.1, 0.15) is 16.0 Å². The smallest absolute Gasteiger partial charge is 0.308 e. The molecule has 0 fully saturated rings. The average molecular weight is 289 g/mol. The lowest BCUT2D eigenvalue weighted by atomic mass is 10.1. The van der Waals surface area contributed by atoms with Gasteiger partial charge in [-0.25, -0.2) is 4.39 Å². The third-order valence-electron chi connectivity index (χ3n) is 2.57. The third kappa shape index (κ3) is 3.78. The predicted octanol–water partition coefficient (Wildman–Crippen LogP) is 4.20. The molecule has 0 saturated heterocycles. The second kappa shape index (κ2) is 5.71. The largest absolute Gasteiger partial charge is 0.416 e. The maximum atomic E-state index is 13.4. The Kier molecular flexibility index (Phi) is 4.21. The Morgan fingerprint density at radius 1 is 1.11 bits per heavy atom. The van der Waals surface area contributed by atoms with Gasteiger partial charge in [0.15, 0.2) is 0 Å². The van der Waals surface area contributed by atoms with E-state index in [-0.39, 0.29) is 12.1 Å². The molecule has 1 N–H and O–H groups in total. The summed E-state index contributed by atoms with van der Waals surface area (Å²) in [6, 6.07) is 6.23. The van der Waals surface area contributed by atoms with Gasteiger partial charge in [-0.05, 0) is 29.6 Å². The Morgan fingerprint density at radius 2 is 1.89 bits per heavy atom. The number of benzene rings is 1. The van der Waals surface area contributed by atoms with Crippen molar-refractivity contribution in [3.63, 3.8) is 0 Å². The standard InChI is InChI=1S/C13H11F4NS/c14-12-4-3-10(13(15,16)17)6-9(12)7-18-8-11-2-1-5-19-11/h1-6,18H,7-8H2. The Hall–Kier alpha value is -1.40. The van der Waals surface area contributed by atoms with Crippen LogP contribution in [0.15, 0.2) is 35.7 Å². The highest BCUT2D eigenvalue weighted by molar-refractivity contribution is 7.09. The molecule has 0 unspecified atom stereocenters. The average Bonchev–Trinajstić information content (AvgIpc) is 2.83. The number of nitrogens with one attached hydrogen (secondary N) is 1. The zero-order valence-electron chi connectivity index (χ0n) is 9.80. The van der Waals surface area contributed by atoms with Gasteiger partial charge in [0.2, 0.25) is 0 Å². The molecule has 0 aliphatic carbocycles. The predicted molar refractivity (Wildman–Crippen MR) is 66.3 cm³/mol. The quantitative estimate of drug-likeness (QED) is 0.832. The zero-order valence-corrected chi connectivity index (χ0v) is 10.6. The normalized spacial score (nSPS) is 11.8. The van der Waals surface area contributed by atoms with Crippen molar-refractivity contribution in [1.29, 1.82) is 0 Å². The van der Waals surface area contributed by atoms with Gasteiger partial charge in [-0.15, -0.1) is 11.3 Å². The Morgan fingerprint density at radius 3 is 2.53 bits per heavy atom. The fourth-order valence-corrected chi connectivity index (χ4v) is 2.29. The van der Waals surface area contributed by atoms with Crippen molar-refractivity contribution in [2.45, 2.75) is 19.3 Å². The molecule has 1 heterocycles. The molecule has 0 radical (unpaired) electrons. The van der Waals surface area contributed by atoms with Crippen LogP contribution in [0.4, 0.5) is 17.6 Å². The van der Waals surface area contributed by atoms with Crippen LogP contribution >= 0.6 is 11.3 Å². The summed E-state index contributed by atoms with van der Waals surface area (Å²) in [5.41, 5.74) is -0.812. The molecule has 0 aliphatic heterocycles. The van der Waals surface area contributed by atoms with E-state index >= 15 is 0 Å². The van der Waals surface area contributed by atoms with Crippen molar-refractivity contribution in [3.05, 3.63) is 57.5 Å². The van der Waals surface area contributed by atoms with Crippen molar-refractivity contribution < 1.29 is 17.6 Å². The lowest BCUT2D eigenvalue weighted by molar-refractivity contribution is -0.137. The van der Waals surface area contributed by atoms with E-state index < -0.39 is 17.6 Å². The molecule has 19 heavy (non-hydrogen) atoms. The van der Waals surface area contributed by atoms with Crippen molar-refractivity contribution in [2.75, 3.05) is 0 Å². The molecule has 6 heteroatoms. The number of alkyl halides is 3. The zero-order chi connectivity index (χ0) is 13.9. The molecule has 1 aromatic heterocycles. The first-order chi connectivity index (χ1) is 8.97. The van der Waals surface area contributed by atoms with Gasteiger partial charge in [0, 0.05) is 23.5 Å². The van der Waals surface area contributed by atoms with Crippen LogP contribution in [0.5, 0.6) is 0 Å². The van der Waals surface area contributed by atoms with Crippen molar-refractivity contribution >= 4 is 11.3 Å². The summed E-state index contributed by atoms with van der Waals surface area (Å²) < 4.78 is 50.9. The van der Waals surface area contributed by atoms with Gasteiger partial charge in [0.25, 0.3) is 0 Å². The van der Waals surface area contributed by atoms with Gasteiger partial charge < -0.3 is 5.32 Å². The van der Waals surface area contributed by atoms with Gasteiger partial charge in [0.05, 0.1) is 5.56 Å². The van der Waals surface area contributed by atoms with Crippen LogP contribution in [0.25, 0.3) is 0 Å². The highest BCUT2D eigenvalue weighted by atomic mass is 32.1. The topological polar surface area (TPSA) is 12.0 Å². The minimum absolute atomic E-state index is 0.0198. The van der Waals surface area contributed by atoms with Crippen molar-refractivity contribution in [2.24, 2.45) is 0 Å². The molecule has 0 bridgehead atoms. The molecule has 1 aromatic carbocycles. The molecule has 0 atom stereocenters. The fraction of sp³-hybridized carbons (Fsp3) is 0.231. The highest BCUT2D eigenvalue weighted by Crippen LogP contribution is 2.30. The van der Waals surface area contributed by atoms with Gasteiger partial charge in [-0.3, -0.25) is 0 Å². The molecule has 0 saturated carbocycles. The number of thiophene rings is 1. The Labute approximate surface area is 111 Å². The summed E-state index contributed by atoms with van der Waals surface area (Å²) in [6.07, 6.45) is -4.45. The van der Waals surface area contributed by atoms with E-state index in [0.717, 1.165) is 23.1 Å². The number of hydrogen-bond donors (Lipinski definition) is 1. The molecule has 0 aliphatic rings. The lowest BCUT2D eigenvalue weighted by Gasteiger charge is -2.10. The minimum atomic E-state index is -4.45. The summed E-state index contributed by atoms with van der Waals surface area (Å²) in [7, 11) is 0. The fourth-order valence-electron chi connectivity index (χ4n) is 1.62. The van der Waals surface area contributed by atoms with Crippen LogP contribution in [0.3, 0.4) is 0 Å². The lowest BCUT2D eigenvalue weighted by Crippen LogP contribution is -2.14. The Balaban J connectivity index is 2.03. The molecular formula is C13H11F4NS.